The average molecular weight is 1370 g/mol. The number of halogens is 9. The fourth-order valence-corrected chi connectivity index (χ4v) is 13.4. The van der Waals surface area contributed by atoms with E-state index in [0.717, 1.165) is 6.07 Å². The molecule has 3 aromatic heterocycles. The number of carbonyl (C=O) groups excluding carboxylic acids is 6. The lowest BCUT2D eigenvalue weighted by Crippen LogP contribution is -2.59. The van der Waals surface area contributed by atoms with Crippen molar-refractivity contribution in [1.82, 2.24) is 15.0 Å². The van der Waals surface area contributed by atoms with Gasteiger partial charge in [0.05, 0.1) is 5.02 Å². The van der Waals surface area contributed by atoms with Gasteiger partial charge < -0.3 is 28.4 Å². The summed E-state index contributed by atoms with van der Waals surface area (Å²) in [4.78, 5) is 111. The van der Waals surface area contributed by atoms with Gasteiger partial charge in [0.25, 0.3) is 5.56 Å². The van der Waals surface area contributed by atoms with Gasteiger partial charge in [0.1, 0.15) is 93.7 Å². The number of carbonyl (C=O) groups is 6. The zero-order valence-electron chi connectivity index (χ0n) is 51.1. The van der Waals surface area contributed by atoms with Gasteiger partial charge in [-0.2, -0.15) is 18.7 Å². The highest BCUT2D eigenvalue weighted by Crippen LogP contribution is 2.48. The van der Waals surface area contributed by atoms with Crippen molar-refractivity contribution in [3.63, 3.8) is 0 Å². The zero-order chi connectivity index (χ0) is 67.0. The molecule has 3 aliphatic heterocycles. The number of hydrogen-bond acceptors (Lipinski definition) is 15. The molecule has 6 aromatic rings. The molecule has 482 valence electrons. The monoisotopic (exact) mass is 1370 g/mol. The van der Waals surface area contributed by atoms with Crippen LogP contribution in [0.5, 0.6) is 34.9 Å². The minimum atomic E-state index is -1.69. The maximum atomic E-state index is 15.5. The molecular weight excluding hydrogens is 1310 g/mol. The van der Waals surface area contributed by atoms with Gasteiger partial charge in [0.2, 0.25) is 29.5 Å². The molecule has 3 fully saturated rings. The number of nitrogens with zero attached hydrogens (tertiary/aromatic N) is 2. The van der Waals surface area contributed by atoms with E-state index in [-0.39, 0.29) is 104 Å². The number of H-pyrrole nitrogens is 1. The lowest BCUT2D eigenvalue weighted by Gasteiger charge is -2.45. The second-order valence-electron chi connectivity index (χ2n) is 25.1. The van der Waals surface area contributed by atoms with Crippen LogP contribution in [-0.4, -0.2) is 83.3 Å². The Morgan fingerprint density at radius 2 is 0.857 bits per heavy atom. The zero-order valence-corrected chi connectivity index (χ0v) is 55.7. The highest BCUT2D eigenvalue weighted by molar-refractivity contribution is 6.36. The summed E-state index contributed by atoms with van der Waals surface area (Å²) in [5.74, 6) is -12.6. The summed E-state index contributed by atoms with van der Waals surface area (Å²) in [7, 11) is 0. The molecule has 6 heterocycles. The molecule has 4 atom stereocenters. The maximum Gasteiger partial charge on any atom is 0.269 e. The minimum absolute atomic E-state index is 0.00277. The third kappa shape index (κ3) is 13.6. The first-order valence-corrected chi connectivity index (χ1v) is 31.2. The second kappa shape index (κ2) is 25.6. The molecule has 1 N–H and O–H groups in total. The number of aryl methyl sites for hydroxylation is 3. The smallest absolute Gasteiger partial charge is 0.269 e. The van der Waals surface area contributed by atoms with Crippen LogP contribution in [0.1, 0.15) is 153 Å². The highest BCUT2D eigenvalue weighted by atomic mass is 35.5. The lowest BCUT2D eigenvalue weighted by molar-refractivity contribution is -0.189. The Hall–Kier alpha value is -6.26. The molecule has 3 aliphatic rings. The quantitative estimate of drug-likeness (QED) is 0.0625. The Morgan fingerprint density at radius 1 is 0.462 bits per heavy atom. The molecule has 25 heteroatoms. The van der Waals surface area contributed by atoms with Crippen LogP contribution >= 0.6 is 69.6 Å². The molecular formula is C66H62Cl6F3N3O13. The molecule has 4 unspecified atom stereocenters. The van der Waals surface area contributed by atoms with Crippen molar-refractivity contribution in [2.24, 2.45) is 0 Å². The average Bonchev–Trinajstić information content (AvgIpc) is 0.757. The number of aromatic nitrogens is 3. The Kier molecular flexibility index (Phi) is 19.4. The van der Waals surface area contributed by atoms with E-state index in [4.69, 9.17) is 98.0 Å². The standard InChI is InChI=1S/C66H62Cl6F3N3O13/c1-12-30-17-20-35(88-60-47(72)48(73)46(71)56(75)77-60)25-36(30)44-51(81)63(6,7)90-65(10,53(44)83)23-14-16-32-19-22-34(87-59-42(70)29-40(68)57(85)78-59)27-38(32)45-52(82)64(8,9)91-66(11,54(45)84)24-13-15-31-18-21-33(86-58-41(69)28-39(67)55(74)76-58)26-37(31)43-49(79)61(2,3)89-62(4,5)50(43)80/h17-22,25-29,43-45H,12-16,23-24H2,1-11H3,(H,78,85). The number of benzene rings is 3. The van der Waals surface area contributed by atoms with E-state index in [9.17, 15) is 37.1 Å². The Bertz CT molecular complexity index is 4080. The van der Waals surface area contributed by atoms with Gasteiger partial charge in [0.15, 0.2) is 40.5 Å². The van der Waals surface area contributed by atoms with Crippen molar-refractivity contribution < 1.29 is 70.4 Å². The summed E-state index contributed by atoms with van der Waals surface area (Å²) in [6.45, 7) is 17.4. The summed E-state index contributed by atoms with van der Waals surface area (Å²) >= 11 is 36.6. The number of rotatable bonds is 18. The van der Waals surface area contributed by atoms with Gasteiger partial charge in [-0.1, -0.05) is 94.7 Å². The number of hydrogen-bond donors (Lipinski definition) is 1. The van der Waals surface area contributed by atoms with Gasteiger partial charge in [0, 0.05) is 0 Å². The van der Waals surface area contributed by atoms with E-state index in [1.807, 2.05) is 6.92 Å². The predicted molar refractivity (Wildman–Crippen MR) is 335 cm³/mol. The molecule has 0 radical (unpaired) electrons. The third-order valence-electron chi connectivity index (χ3n) is 16.7. The van der Waals surface area contributed by atoms with Crippen molar-refractivity contribution in [3.05, 3.63) is 158 Å². The van der Waals surface area contributed by atoms with E-state index >= 15 is 9.59 Å². The van der Waals surface area contributed by atoms with E-state index in [2.05, 4.69) is 15.0 Å². The number of ether oxygens (including phenoxy) is 6. The Balaban J connectivity index is 1.03. The second-order valence-corrected chi connectivity index (χ2v) is 27.4. The van der Waals surface area contributed by atoms with E-state index < -0.39 is 125 Å². The normalized spacial score (nSPS) is 22.2. The molecule has 0 bridgehead atoms. The van der Waals surface area contributed by atoms with Gasteiger partial charge in [-0.15, -0.1) is 0 Å². The fourth-order valence-electron chi connectivity index (χ4n) is 12.3. The van der Waals surface area contributed by atoms with Crippen LogP contribution in [0.4, 0.5) is 13.2 Å². The summed E-state index contributed by atoms with van der Waals surface area (Å²) < 4.78 is 80.6. The van der Waals surface area contributed by atoms with Crippen molar-refractivity contribution in [2.45, 2.75) is 172 Å². The van der Waals surface area contributed by atoms with Crippen LogP contribution in [0.25, 0.3) is 0 Å². The van der Waals surface area contributed by atoms with Crippen molar-refractivity contribution in [1.29, 1.82) is 0 Å². The van der Waals surface area contributed by atoms with Gasteiger partial charge in [-0.3, -0.25) is 38.5 Å². The first-order valence-electron chi connectivity index (χ1n) is 28.9. The van der Waals surface area contributed by atoms with Crippen molar-refractivity contribution >= 4 is 104 Å². The summed E-state index contributed by atoms with van der Waals surface area (Å²) in [5, 5.41) is -2.37. The molecule has 0 aliphatic carbocycles. The molecule has 3 aromatic carbocycles. The summed E-state index contributed by atoms with van der Waals surface area (Å²) in [6, 6.07) is 16.1. The molecule has 0 spiro atoms. The van der Waals surface area contributed by atoms with Gasteiger partial charge in [-0.05, 0) is 196 Å². The minimum Gasteiger partial charge on any atom is -0.439 e. The molecule has 9 rings (SSSR count). The molecule has 16 nitrogen and oxygen atoms in total. The van der Waals surface area contributed by atoms with Crippen LogP contribution in [-0.2, 0) is 62.2 Å². The molecule has 3 saturated heterocycles. The van der Waals surface area contributed by atoms with Crippen molar-refractivity contribution in [3.8, 4) is 34.9 Å². The highest BCUT2D eigenvalue weighted by Gasteiger charge is 2.58. The van der Waals surface area contributed by atoms with Gasteiger partial charge >= 0.3 is 0 Å². The SMILES string of the molecule is CCc1ccc(Oc2nc(F)c(Cl)c(F)c2Cl)cc1C1C(=O)C(C)(C)OC(C)(CCCc2ccc(Oc3[nH]c(=O)c(Cl)cc3Cl)cc2C2C(=O)C(C)(C)OC(C)(CCCc3ccc(Oc4nc(F)c(Cl)cc4Cl)cc3C3C(=O)C(C)(C)OC(C)(C)C3=O)C2=O)C1=O. The molecule has 91 heavy (non-hydrogen) atoms. The van der Waals surface area contributed by atoms with Crippen LogP contribution in [0.15, 0.2) is 71.5 Å². The van der Waals surface area contributed by atoms with Crippen LogP contribution in [0.2, 0.25) is 30.1 Å². The number of Topliss-reactive ketones (excluding diaryl/α,β-unsaturated/α-hetero) is 6. The molecule has 0 amide bonds. The van der Waals surface area contributed by atoms with E-state index in [1.54, 1.807) is 93.5 Å². The first kappa shape index (κ1) is 69.1. The van der Waals surface area contributed by atoms with Crippen molar-refractivity contribution in [2.75, 3.05) is 0 Å². The number of ketones is 6. The Labute approximate surface area is 552 Å². The topological polar surface area (TPSA) is 216 Å². The molecule has 0 saturated carbocycles. The van der Waals surface area contributed by atoms with E-state index in [0.29, 0.717) is 23.1 Å². The summed E-state index contributed by atoms with van der Waals surface area (Å²) in [6.07, 6.45) is 0.928. The largest absolute Gasteiger partial charge is 0.439 e. The number of nitrogens with one attached hydrogen (secondary N) is 1. The Morgan fingerprint density at radius 3 is 1.33 bits per heavy atom. The lowest BCUT2D eigenvalue weighted by atomic mass is 9.70. The van der Waals surface area contributed by atoms with Crippen LogP contribution in [0.3, 0.4) is 0 Å². The van der Waals surface area contributed by atoms with Crippen LogP contribution < -0.4 is 19.8 Å². The number of aromatic amines is 1. The van der Waals surface area contributed by atoms with Gasteiger partial charge in [-0.25, -0.2) is 4.39 Å². The first-order chi connectivity index (χ1) is 42.3. The summed E-state index contributed by atoms with van der Waals surface area (Å²) in [5.41, 5.74) is -7.78. The van der Waals surface area contributed by atoms with Crippen LogP contribution in [0, 0.1) is 17.7 Å². The fraction of sp³-hybridized carbons (Fsp3) is 0.409. The predicted octanol–water partition coefficient (Wildman–Crippen LogP) is 15.9. The number of pyridine rings is 3. The third-order valence-corrected chi connectivity index (χ3v) is 18.4. The van der Waals surface area contributed by atoms with E-state index in [1.165, 1.54) is 36.4 Å². The maximum absolute atomic E-state index is 15.5.